The van der Waals surface area contributed by atoms with Crippen molar-refractivity contribution in [1.29, 1.82) is 0 Å². The highest BCUT2D eigenvalue weighted by atomic mass is 32.1. The minimum Gasteiger partial charge on any atom is -0.339 e. The van der Waals surface area contributed by atoms with E-state index in [-0.39, 0.29) is 11.5 Å². The van der Waals surface area contributed by atoms with Crippen LogP contribution in [0.4, 0.5) is 5.95 Å². The molecule has 6 nitrogen and oxygen atoms in total. The summed E-state index contributed by atoms with van der Waals surface area (Å²) in [7, 11) is 1.82. The second kappa shape index (κ2) is 7.00. The number of fused-ring (bicyclic) bond motifs is 3. The second-order valence-corrected chi connectivity index (χ2v) is 9.45. The lowest BCUT2D eigenvalue weighted by molar-refractivity contribution is 0.0751. The normalized spacial score (nSPS) is 17.2. The van der Waals surface area contributed by atoms with Gasteiger partial charge in [-0.3, -0.25) is 14.2 Å². The van der Waals surface area contributed by atoms with Crippen LogP contribution in [0.5, 0.6) is 0 Å². The van der Waals surface area contributed by atoms with Crippen molar-refractivity contribution in [1.82, 2.24) is 14.5 Å². The number of amides is 1. The lowest BCUT2D eigenvalue weighted by Gasteiger charge is -2.35. The zero-order valence-corrected chi connectivity index (χ0v) is 17.4. The van der Waals surface area contributed by atoms with Gasteiger partial charge in [0.1, 0.15) is 4.83 Å². The summed E-state index contributed by atoms with van der Waals surface area (Å²) >= 11 is 3.17. The van der Waals surface area contributed by atoms with Crippen LogP contribution in [-0.4, -0.2) is 46.5 Å². The molecule has 1 saturated heterocycles. The molecule has 3 aromatic rings. The van der Waals surface area contributed by atoms with Gasteiger partial charge in [0.25, 0.3) is 11.5 Å². The van der Waals surface area contributed by atoms with E-state index < -0.39 is 0 Å². The Kier molecular flexibility index (Phi) is 4.47. The summed E-state index contributed by atoms with van der Waals surface area (Å²) in [5, 5.41) is 2.76. The minimum absolute atomic E-state index is 0.0662. The third-order valence-corrected chi connectivity index (χ3v) is 7.80. The highest BCUT2D eigenvalue weighted by Gasteiger charge is 2.27. The van der Waals surface area contributed by atoms with Crippen molar-refractivity contribution in [2.75, 3.05) is 31.1 Å². The summed E-state index contributed by atoms with van der Waals surface area (Å²) in [5.74, 6) is 0.817. The van der Waals surface area contributed by atoms with Gasteiger partial charge in [0.15, 0.2) is 0 Å². The van der Waals surface area contributed by atoms with Crippen molar-refractivity contribution in [3.05, 3.63) is 43.2 Å². The lowest BCUT2D eigenvalue weighted by atomic mass is 9.97. The zero-order chi connectivity index (χ0) is 19.3. The predicted molar refractivity (Wildman–Crippen MR) is 114 cm³/mol. The number of piperazine rings is 1. The molecule has 1 fully saturated rings. The van der Waals surface area contributed by atoms with Crippen LogP contribution in [-0.2, 0) is 19.9 Å². The smallest absolute Gasteiger partial charge is 0.264 e. The van der Waals surface area contributed by atoms with E-state index in [4.69, 9.17) is 4.98 Å². The molecule has 0 aromatic carbocycles. The van der Waals surface area contributed by atoms with Crippen molar-refractivity contribution in [3.63, 3.8) is 0 Å². The fraction of sp³-hybridized carbons (Fsp3) is 0.450. The number of carbonyl (C=O) groups excluding carboxylic acids is 1. The largest absolute Gasteiger partial charge is 0.339 e. The van der Waals surface area contributed by atoms with E-state index in [1.165, 1.54) is 28.2 Å². The molecule has 0 unspecified atom stereocenters. The van der Waals surface area contributed by atoms with Gasteiger partial charge < -0.3 is 9.80 Å². The van der Waals surface area contributed by atoms with E-state index >= 15 is 0 Å². The summed E-state index contributed by atoms with van der Waals surface area (Å²) in [6, 6.07) is 3.78. The summed E-state index contributed by atoms with van der Waals surface area (Å²) in [6.07, 6.45) is 4.42. The van der Waals surface area contributed by atoms with Gasteiger partial charge in [-0.05, 0) is 42.7 Å². The molecular weight excluding hydrogens is 392 g/mol. The number of carbonyl (C=O) groups is 1. The molecule has 1 amide bonds. The summed E-state index contributed by atoms with van der Waals surface area (Å²) in [5.41, 5.74) is 1.30. The minimum atomic E-state index is 0.0662. The van der Waals surface area contributed by atoms with Crippen molar-refractivity contribution < 1.29 is 4.79 Å². The number of thiophene rings is 2. The van der Waals surface area contributed by atoms with Crippen LogP contribution in [0.25, 0.3) is 10.2 Å². The van der Waals surface area contributed by atoms with Crippen molar-refractivity contribution in [2.24, 2.45) is 7.05 Å². The van der Waals surface area contributed by atoms with Crippen LogP contribution in [0.1, 0.15) is 33.0 Å². The first-order valence-electron chi connectivity index (χ1n) is 9.72. The van der Waals surface area contributed by atoms with Gasteiger partial charge in [-0.2, -0.15) is 0 Å². The summed E-state index contributed by atoms with van der Waals surface area (Å²) in [6.45, 7) is 2.67. The molecule has 0 bridgehead atoms. The van der Waals surface area contributed by atoms with Gasteiger partial charge in [0.2, 0.25) is 5.95 Å². The highest BCUT2D eigenvalue weighted by molar-refractivity contribution is 7.18. The van der Waals surface area contributed by atoms with E-state index in [2.05, 4.69) is 4.90 Å². The molecule has 3 aromatic heterocycles. The molecule has 0 saturated carbocycles. The van der Waals surface area contributed by atoms with Gasteiger partial charge >= 0.3 is 0 Å². The number of nitrogens with zero attached hydrogens (tertiary/aromatic N) is 4. The van der Waals surface area contributed by atoms with E-state index in [1.807, 2.05) is 29.5 Å². The third kappa shape index (κ3) is 2.86. The zero-order valence-electron chi connectivity index (χ0n) is 15.8. The Morgan fingerprint density at radius 3 is 2.68 bits per heavy atom. The van der Waals surface area contributed by atoms with Crippen LogP contribution in [0.15, 0.2) is 22.3 Å². The molecule has 8 heteroatoms. The quantitative estimate of drug-likeness (QED) is 0.647. The first-order chi connectivity index (χ1) is 13.6. The lowest BCUT2D eigenvalue weighted by Crippen LogP contribution is -2.50. The molecule has 146 valence electrons. The summed E-state index contributed by atoms with van der Waals surface area (Å²) in [4.78, 5) is 37.6. The van der Waals surface area contributed by atoms with E-state index in [1.54, 1.807) is 15.9 Å². The number of hydrogen-bond donors (Lipinski definition) is 0. The topological polar surface area (TPSA) is 58.4 Å². The SMILES string of the molecule is Cn1c(N2CCN(C(=O)c3cccs3)CC2)nc2sc3c(c2c1=O)CCCC3. The van der Waals surface area contributed by atoms with Gasteiger partial charge in [0.05, 0.1) is 10.3 Å². The maximum absolute atomic E-state index is 13.1. The highest BCUT2D eigenvalue weighted by Crippen LogP contribution is 2.34. The second-order valence-electron chi connectivity index (χ2n) is 7.42. The Bertz CT molecular complexity index is 1090. The van der Waals surface area contributed by atoms with Crippen molar-refractivity contribution in [3.8, 4) is 0 Å². The molecule has 0 N–H and O–H groups in total. The Balaban J connectivity index is 1.42. The third-order valence-electron chi connectivity index (χ3n) is 5.75. The van der Waals surface area contributed by atoms with E-state index in [0.29, 0.717) is 26.2 Å². The molecule has 2 aliphatic rings. The molecule has 0 spiro atoms. The fourth-order valence-electron chi connectivity index (χ4n) is 4.22. The van der Waals surface area contributed by atoms with Crippen LogP contribution in [0.2, 0.25) is 0 Å². The number of aromatic nitrogens is 2. The molecule has 4 heterocycles. The average Bonchev–Trinajstić information content (AvgIpc) is 3.38. The van der Waals surface area contributed by atoms with Gasteiger partial charge in [-0.15, -0.1) is 22.7 Å². The number of aryl methyl sites for hydroxylation is 2. The maximum atomic E-state index is 13.1. The molecule has 1 aliphatic carbocycles. The fourth-order valence-corrected chi connectivity index (χ4v) is 6.16. The molecular formula is C20H22N4O2S2. The van der Waals surface area contributed by atoms with Gasteiger partial charge in [0, 0.05) is 38.1 Å². The molecule has 0 atom stereocenters. The first kappa shape index (κ1) is 17.9. The Labute approximate surface area is 171 Å². The van der Waals surface area contributed by atoms with Crippen LogP contribution >= 0.6 is 22.7 Å². The standard InChI is InChI=1S/C20H22N4O2S2/c1-22-19(26)16-13-5-2-3-6-14(13)28-17(16)21-20(22)24-10-8-23(9-11-24)18(25)15-7-4-12-27-15/h4,7,12H,2-3,5-6,8-11H2,1H3. The number of rotatable bonds is 2. The predicted octanol–water partition coefficient (Wildman–Crippen LogP) is 2.90. The van der Waals surface area contributed by atoms with Crippen LogP contribution in [0, 0.1) is 0 Å². The molecule has 5 rings (SSSR count). The summed E-state index contributed by atoms with van der Waals surface area (Å²) < 4.78 is 1.70. The number of hydrogen-bond acceptors (Lipinski definition) is 6. The Morgan fingerprint density at radius 1 is 1.14 bits per heavy atom. The first-order valence-corrected chi connectivity index (χ1v) is 11.4. The van der Waals surface area contributed by atoms with Gasteiger partial charge in [-0.1, -0.05) is 6.07 Å². The van der Waals surface area contributed by atoms with E-state index in [0.717, 1.165) is 40.3 Å². The molecule has 28 heavy (non-hydrogen) atoms. The van der Waals surface area contributed by atoms with Crippen molar-refractivity contribution >= 4 is 44.7 Å². The number of anilines is 1. The van der Waals surface area contributed by atoms with Crippen molar-refractivity contribution in [2.45, 2.75) is 25.7 Å². The molecule has 1 aliphatic heterocycles. The Hall–Kier alpha value is -2.19. The maximum Gasteiger partial charge on any atom is 0.264 e. The average molecular weight is 415 g/mol. The van der Waals surface area contributed by atoms with Crippen LogP contribution in [0.3, 0.4) is 0 Å². The monoisotopic (exact) mass is 414 g/mol. The Morgan fingerprint density at radius 2 is 1.93 bits per heavy atom. The van der Waals surface area contributed by atoms with Gasteiger partial charge in [-0.25, -0.2) is 4.98 Å². The molecule has 0 radical (unpaired) electrons. The van der Waals surface area contributed by atoms with Crippen LogP contribution < -0.4 is 10.5 Å². The van der Waals surface area contributed by atoms with E-state index in [9.17, 15) is 9.59 Å².